The number of carbonyl (C=O) groups is 2. The molecule has 3 aliphatic rings. The van der Waals surface area contributed by atoms with Crippen molar-refractivity contribution in [3.63, 3.8) is 0 Å². The first-order valence-electron chi connectivity index (χ1n) is 11.3. The molecule has 3 N–H and O–H groups in total. The number of carbonyl (C=O) groups excluding carboxylic acids is 1. The highest BCUT2D eigenvalue weighted by atomic mass is 16.5. The van der Waals surface area contributed by atoms with Crippen molar-refractivity contribution in [2.24, 2.45) is 5.92 Å². The minimum atomic E-state index is -0.649. The molecule has 2 atom stereocenters. The van der Waals surface area contributed by atoms with Crippen molar-refractivity contribution in [3.05, 3.63) is 0 Å². The van der Waals surface area contributed by atoms with Gasteiger partial charge in [0.1, 0.15) is 6.10 Å². The van der Waals surface area contributed by atoms with Crippen LogP contribution in [0.5, 0.6) is 0 Å². The third-order valence-electron chi connectivity index (χ3n) is 6.72. The molecule has 0 aromatic rings. The number of aliphatic hydroxyl groups excluding tert-OH is 1. The lowest BCUT2D eigenvalue weighted by atomic mass is 9.74. The van der Waals surface area contributed by atoms with Gasteiger partial charge >= 0.3 is 0 Å². The van der Waals surface area contributed by atoms with Crippen molar-refractivity contribution in [2.75, 3.05) is 26.2 Å². The summed E-state index contributed by atoms with van der Waals surface area (Å²) in [5.41, 5.74) is -0.832. The van der Waals surface area contributed by atoms with E-state index in [1.54, 1.807) is 0 Å². The minimum Gasteiger partial charge on any atom is -0.483 e. The first-order valence-corrected chi connectivity index (χ1v) is 11.3. The van der Waals surface area contributed by atoms with E-state index in [1.165, 1.54) is 12.8 Å². The molecule has 0 aromatic carbocycles. The smallest absolute Gasteiger partial charge is 0.290 e. The van der Waals surface area contributed by atoms with Crippen LogP contribution in [0.1, 0.15) is 71.6 Å². The summed E-state index contributed by atoms with van der Waals surface area (Å²) in [4.78, 5) is 23.3. The third-order valence-corrected chi connectivity index (χ3v) is 6.72. The third kappa shape index (κ3) is 6.97. The van der Waals surface area contributed by atoms with Gasteiger partial charge in [0.25, 0.3) is 6.47 Å². The lowest BCUT2D eigenvalue weighted by Gasteiger charge is -2.52. The number of amides is 1. The van der Waals surface area contributed by atoms with Gasteiger partial charge in [-0.2, -0.15) is 0 Å². The second-order valence-corrected chi connectivity index (χ2v) is 9.10. The van der Waals surface area contributed by atoms with E-state index < -0.39 is 11.6 Å². The van der Waals surface area contributed by atoms with E-state index in [0.29, 0.717) is 25.4 Å². The van der Waals surface area contributed by atoms with Crippen LogP contribution < -0.4 is 5.32 Å². The fraction of sp³-hybridized carbons (Fsp3) is 0.826. The van der Waals surface area contributed by atoms with Gasteiger partial charge in [-0.15, -0.1) is 5.92 Å². The molecular formula is C23H38N2O5. The Morgan fingerprint density at radius 1 is 1.27 bits per heavy atom. The Labute approximate surface area is 180 Å². The predicted molar refractivity (Wildman–Crippen MR) is 115 cm³/mol. The van der Waals surface area contributed by atoms with Crippen LogP contribution in [0.25, 0.3) is 0 Å². The van der Waals surface area contributed by atoms with Crippen molar-refractivity contribution in [2.45, 2.75) is 88.9 Å². The average molecular weight is 423 g/mol. The molecule has 170 valence electrons. The van der Waals surface area contributed by atoms with Crippen LogP contribution in [-0.2, 0) is 14.3 Å². The quantitative estimate of drug-likeness (QED) is 0.474. The molecule has 2 saturated heterocycles. The number of aliphatic hydroxyl groups is 1. The number of hydrogen-bond donors (Lipinski definition) is 3. The Kier molecular flexibility index (Phi) is 9.60. The predicted octanol–water partition coefficient (Wildman–Crippen LogP) is 2.17. The minimum absolute atomic E-state index is 0.0905. The topological polar surface area (TPSA) is 99.1 Å². The van der Waals surface area contributed by atoms with E-state index in [1.807, 2.05) is 6.92 Å². The number of ether oxygens (including phenoxy) is 1. The highest BCUT2D eigenvalue weighted by Gasteiger charge is 2.50. The Hall–Kier alpha value is -1.62. The van der Waals surface area contributed by atoms with Gasteiger partial charge in [-0.25, -0.2) is 0 Å². The molecule has 2 aliphatic heterocycles. The van der Waals surface area contributed by atoms with Crippen LogP contribution in [0.4, 0.5) is 0 Å². The molecule has 0 aromatic heterocycles. The monoisotopic (exact) mass is 422 g/mol. The molecule has 1 aliphatic carbocycles. The number of carboxylic acid groups (broad SMARTS) is 1. The first kappa shape index (κ1) is 24.6. The van der Waals surface area contributed by atoms with Crippen LogP contribution in [0, 0.1) is 17.8 Å². The summed E-state index contributed by atoms with van der Waals surface area (Å²) in [7, 11) is 0. The van der Waals surface area contributed by atoms with E-state index in [2.05, 4.69) is 29.0 Å². The fourth-order valence-electron chi connectivity index (χ4n) is 4.98. The van der Waals surface area contributed by atoms with Gasteiger partial charge in [0.15, 0.2) is 0 Å². The molecule has 30 heavy (non-hydrogen) atoms. The highest BCUT2D eigenvalue weighted by Crippen LogP contribution is 2.40. The summed E-state index contributed by atoms with van der Waals surface area (Å²) in [6.07, 6.45) is 8.21. The van der Waals surface area contributed by atoms with Gasteiger partial charge < -0.3 is 20.3 Å². The fourth-order valence-corrected chi connectivity index (χ4v) is 4.98. The molecule has 0 bridgehead atoms. The Balaban J connectivity index is 0.00000101. The molecule has 0 unspecified atom stereocenters. The summed E-state index contributed by atoms with van der Waals surface area (Å²) >= 11 is 0. The van der Waals surface area contributed by atoms with Crippen LogP contribution >= 0.6 is 0 Å². The summed E-state index contributed by atoms with van der Waals surface area (Å²) < 4.78 is 6.14. The van der Waals surface area contributed by atoms with Gasteiger partial charge in [0.05, 0.1) is 24.3 Å². The Morgan fingerprint density at radius 2 is 1.90 bits per heavy atom. The average Bonchev–Trinajstić information content (AvgIpc) is 3.20. The van der Waals surface area contributed by atoms with Crippen LogP contribution in [0.3, 0.4) is 0 Å². The van der Waals surface area contributed by atoms with Gasteiger partial charge in [-0.05, 0) is 38.5 Å². The lowest BCUT2D eigenvalue weighted by molar-refractivity contribution is -0.181. The van der Waals surface area contributed by atoms with Crippen molar-refractivity contribution in [1.29, 1.82) is 0 Å². The Bertz CT molecular complexity index is 615. The van der Waals surface area contributed by atoms with Gasteiger partial charge in [0, 0.05) is 32.4 Å². The van der Waals surface area contributed by atoms with Gasteiger partial charge in [-0.3, -0.25) is 14.5 Å². The SMILES string of the molecule is CCC#CCN1CCC2(CC1)C[C@](C)(NC(=O)CC1CCCC1)[C@@H](O)CO2.O=CO. The number of hydrogen-bond acceptors (Lipinski definition) is 5. The van der Waals surface area contributed by atoms with Gasteiger partial charge in [0.2, 0.25) is 5.91 Å². The number of piperidine rings is 1. The standard InChI is InChI=1S/C22H36N2O3.CH2O2/c1-3-4-7-12-24-13-10-22(11-14-24)17-21(2,19(25)16-27-22)23-20(26)15-18-8-5-6-9-18;2-1-3/h18-19,25H,3,5-6,8-17H2,1-2H3,(H,23,26);1H,(H,2,3)/t19-,21-;/m0./s1. The second kappa shape index (κ2) is 11.7. The molecule has 1 spiro atoms. The maximum atomic E-state index is 12.6. The molecule has 1 amide bonds. The molecule has 7 nitrogen and oxygen atoms in total. The maximum absolute atomic E-state index is 12.6. The number of nitrogens with one attached hydrogen (secondary N) is 1. The molecular weight excluding hydrogens is 384 g/mol. The van der Waals surface area contributed by atoms with E-state index in [4.69, 9.17) is 14.6 Å². The van der Waals surface area contributed by atoms with Crippen molar-refractivity contribution < 1.29 is 24.5 Å². The zero-order valence-corrected chi connectivity index (χ0v) is 18.5. The van der Waals surface area contributed by atoms with E-state index >= 15 is 0 Å². The number of rotatable bonds is 4. The van der Waals surface area contributed by atoms with Crippen molar-refractivity contribution in [3.8, 4) is 11.8 Å². The lowest BCUT2D eigenvalue weighted by Crippen LogP contribution is -2.65. The summed E-state index contributed by atoms with van der Waals surface area (Å²) in [5.74, 6) is 6.96. The highest BCUT2D eigenvalue weighted by molar-refractivity contribution is 5.77. The van der Waals surface area contributed by atoms with Crippen LogP contribution in [-0.4, -0.2) is 71.0 Å². The zero-order chi connectivity index (χ0) is 22.0. The molecule has 0 radical (unpaired) electrons. The Morgan fingerprint density at radius 3 is 2.50 bits per heavy atom. The van der Waals surface area contributed by atoms with Crippen molar-refractivity contribution in [1.82, 2.24) is 10.2 Å². The second-order valence-electron chi connectivity index (χ2n) is 9.10. The summed E-state index contributed by atoms with van der Waals surface area (Å²) in [6, 6.07) is 0. The van der Waals surface area contributed by atoms with Crippen LogP contribution in [0.2, 0.25) is 0 Å². The maximum Gasteiger partial charge on any atom is 0.290 e. The zero-order valence-electron chi connectivity index (χ0n) is 18.5. The normalized spacial score (nSPS) is 28.7. The molecule has 7 heteroatoms. The first-order chi connectivity index (χ1) is 14.4. The van der Waals surface area contributed by atoms with E-state index in [9.17, 15) is 9.90 Å². The summed E-state index contributed by atoms with van der Waals surface area (Å²) in [6.45, 7) is 6.85. The largest absolute Gasteiger partial charge is 0.483 e. The molecule has 3 rings (SSSR count). The number of likely N-dealkylation sites (tertiary alicyclic amines) is 1. The van der Waals surface area contributed by atoms with E-state index in [0.717, 1.165) is 51.7 Å². The summed E-state index contributed by atoms with van der Waals surface area (Å²) in [5, 5.41) is 20.7. The molecule has 1 saturated carbocycles. The van der Waals surface area contributed by atoms with Gasteiger partial charge in [-0.1, -0.05) is 25.7 Å². The molecule has 3 fully saturated rings. The van der Waals surface area contributed by atoms with Crippen molar-refractivity contribution >= 4 is 12.4 Å². The van der Waals surface area contributed by atoms with E-state index in [-0.39, 0.29) is 18.0 Å². The van der Waals surface area contributed by atoms with Crippen LogP contribution in [0.15, 0.2) is 0 Å². The number of nitrogens with zero attached hydrogens (tertiary/aromatic N) is 1. The molecule has 2 heterocycles.